The van der Waals surface area contributed by atoms with E-state index in [1.165, 1.54) is 5.00 Å². The van der Waals surface area contributed by atoms with Gasteiger partial charge in [0.25, 0.3) is 0 Å². The Bertz CT molecular complexity index is 637. The van der Waals surface area contributed by atoms with E-state index >= 15 is 0 Å². The Balaban J connectivity index is 1.56. The summed E-state index contributed by atoms with van der Waals surface area (Å²) in [6.07, 6.45) is 0. The second kappa shape index (κ2) is 7.04. The second-order valence-electron chi connectivity index (χ2n) is 5.63. The van der Waals surface area contributed by atoms with Crippen molar-refractivity contribution < 1.29 is 4.52 Å². The van der Waals surface area contributed by atoms with E-state index in [0.29, 0.717) is 6.54 Å². The van der Waals surface area contributed by atoms with E-state index in [9.17, 15) is 0 Å². The molecule has 3 heterocycles. The highest BCUT2D eigenvalue weighted by Crippen LogP contribution is 2.22. The van der Waals surface area contributed by atoms with Crippen LogP contribution in [0.4, 0.5) is 5.00 Å². The van der Waals surface area contributed by atoms with Crippen LogP contribution in [-0.4, -0.2) is 49.2 Å². The van der Waals surface area contributed by atoms with Crippen LogP contribution in [0.2, 0.25) is 0 Å². The number of piperazine rings is 1. The third-order valence-electron chi connectivity index (χ3n) is 4.21. The Morgan fingerprint density at radius 2 is 2.13 bits per heavy atom. The van der Waals surface area contributed by atoms with E-state index in [-0.39, 0.29) is 0 Å². The van der Waals surface area contributed by atoms with Crippen molar-refractivity contribution in [2.45, 2.75) is 20.4 Å². The number of rotatable bonds is 3. The number of hydrogen-bond donors (Lipinski definition) is 1. The molecule has 0 atom stereocenters. The molecule has 124 valence electrons. The normalized spacial score (nSPS) is 16.0. The van der Waals surface area contributed by atoms with Crippen LogP contribution in [0.1, 0.15) is 17.0 Å². The van der Waals surface area contributed by atoms with Gasteiger partial charge in [0.15, 0.2) is 5.96 Å². The van der Waals surface area contributed by atoms with Gasteiger partial charge < -0.3 is 19.6 Å². The van der Waals surface area contributed by atoms with Crippen molar-refractivity contribution in [3.63, 3.8) is 0 Å². The summed E-state index contributed by atoms with van der Waals surface area (Å²) in [7, 11) is 1.83. The van der Waals surface area contributed by atoms with Crippen molar-refractivity contribution >= 4 is 22.3 Å². The van der Waals surface area contributed by atoms with Crippen LogP contribution in [0.15, 0.2) is 27.0 Å². The van der Waals surface area contributed by atoms with Gasteiger partial charge in [0.2, 0.25) is 0 Å². The van der Waals surface area contributed by atoms with E-state index < -0.39 is 0 Å². The van der Waals surface area contributed by atoms with Crippen molar-refractivity contribution in [2.24, 2.45) is 4.99 Å². The van der Waals surface area contributed by atoms with Crippen LogP contribution >= 0.6 is 11.3 Å². The fourth-order valence-corrected chi connectivity index (χ4v) is 3.63. The van der Waals surface area contributed by atoms with Gasteiger partial charge in [-0.25, -0.2) is 0 Å². The van der Waals surface area contributed by atoms with Crippen molar-refractivity contribution in [3.05, 3.63) is 34.5 Å². The molecule has 1 aliphatic heterocycles. The molecule has 0 saturated carbocycles. The fraction of sp³-hybridized carbons (Fsp3) is 0.500. The Hall–Kier alpha value is -2.02. The van der Waals surface area contributed by atoms with E-state index in [0.717, 1.165) is 49.2 Å². The van der Waals surface area contributed by atoms with Gasteiger partial charge in [-0.15, -0.1) is 11.3 Å². The summed E-state index contributed by atoms with van der Waals surface area (Å²) in [4.78, 5) is 9.16. The van der Waals surface area contributed by atoms with Crippen molar-refractivity contribution in [1.29, 1.82) is 0 Å². The molecule has 0 spiro atoms. The lowest BCUT2D eigenvalue weighted by Crippen LogP contribution is -2.52. The lowest BCUT2D eigenvalue weighted by molar-refractivity contribution is 0.372. The van der Waals surface area contributed by atoms with Gasteiger partial charge in [0.05, 0.1) is 10.7 Å². The Labute approximate surface area is 140 Å². The molecule has 23 heavy (non-hydrogen) atoms. The Kier molecular flexibility index (Phi) is 4.85. The molecule has 1 N–H and O–H groups in total. The first kappa shape index (κ1) is 15.9. The first-order valence-electron chi connectivity index (χ1n) is 7.85. The van der Waals surface area contributed by atoms with Crippen molar-refractivity contribution in [1.82, 2.24) is 15.4 Å². The summed E-state index contributed by atoms with van der Waals surface area (Å²) in [5, 5.41) is 10.9. The van der Waals surface area contributed by atoms with Gasteiger partial charge in [-0.3, -0.25) is 4.99 Å². The smallest absolute Gasteiger partial charge is 0.194 e. The van der Waals surface area contributed by atoms with Crippen LogP contribution in [0.25, 0.3) is 0 Å². The molecule has 3 rings (SSSR count). The minimum Gasteiger partial charge on any atom is -0.361 e. The lowest BCUT2D eigenvalue weighted by Gasteiger charge is -2.37. The zero-order valence-electron chi connectivity index (χ0n) is 13.9. The van der Waals surface area contributed by atoms with Crippen LogP contribution < -0.4 is 10.2 Å². The summed E-state index contributed by atoms with van der Waals surface area (Å²) >= 11 is 1.80. The number of guanidine groups is 1. The largest absolute Gasteiger partial charge is 0.361 e. The Morgan fingerprint density at radius 3 is 2.70 bits per heavy atom. The molecular weight excluding hydrogens is 310 g/mol. The molecule has 6 nitrogen and oxygen atoms in total. The third-order valence-corrected chi connectivity index (χ3v) is 5.14. The molecular formula is C16H23N5OS. The minimum atomic E-state index is 0.693. The van der Waals surface area contributed by atoms with Crippen LogP contribution in [0.5, 0.6) is 0 Å². The van der Waals surface area contributed by atoms with Gasteiger partial charge >= 0.3 is 0 Å². The molecule has 0 radical (unpaired) electrons. The number of thiophene rings is 1. The summed E-state index contributed by atoms with van der Waals surface area (Å²) < 4.78 is 5.21. The maximum absolute atomic E-state index is 5.21. The highest BCUT2D eigenvalue weighted by atomic mass is 32.1. The van der Waals surface area contributed by atoms with E-state index in [1.807, 2.05) is 20.9 Å². The number of anilines is 1. The van der Waals surface area contributed by atoms with Crippen LogP contribution in [0, 0.1) is 13.8 Å². The highest BCUT2D eigenvalue weighted by Gasteiger charge is 2.20. The zero-order chi connectivity index (χ0) is 16.2. The monoisotopic (exact) mass is 333 g/mol. The van der Waals surface area contributed by atoms with Gasteiger partial charge in [-0.2, -0.15) is 0 Å². The quantitative estimate of drug-likeness (QED) is 0.690. The zero-order valence-corrected chi connectivity index (χ0v) is 14.7. The molecule has 0 aromatic carbocycles. The number of nitrogens with one attached hydrogen (secondary N) is 1. The van der Waals surface area contributed by atoms with Crippen molar-refractivity contribution in [2.75, 3.05) is 38.1 Å². The summed E-state index contributed by atoms with van der Waals surface area (Å²) in [5.41, 5.74) is 2.05. The highest BCUT2D eigenvalue weighted by molar-refractivity contribution is 7.14. The molecule has 1 saturated heterocycles. The number of aryl methyl sites for hydroxylation is 2. The number of aliphatic imine (C=N–C) groups is 1. The number of hydrogen-bond acceptors (Lipinski definition) is 5. The predicted molar refractivity (Wildman–Crippen MR) is 94.3 cm³/mol. The van der Waals surface area contributed by atoms with Gasteiger partial charge in [-0.05, 0) is 31.4 Å². The van der Waals surface area contributed by atoms with E-state index in [1.54, 1.807) is 11.3 Å². The molecule has 2 aromatic rings. The first-order chi connectivity index (χ1) is 11.2. The summed E-state index contributed by atoms with van der Waals surface area (Å²) in [5.74, 6) is 1.81. The number of nitrogens with zero attached hydrogens (tertiary/aromatic N) is 4. The third kappa shape index (κ3) is 3.50. The minimum absolute atomic E-state index is 0.693. The van der Waals surface area contributed by atoms with E-state index in [4.69, 9.17) is 4.52 Å². The average molecular weight is 333 g/mol. The predicted octanol–water partition coefficient (Wildman–Crippen LogP) is 2.25. The number of aromatic nitrogens is 1. The molecule has 7 heteroatoms. The van der Waals surface area contributed by atoms with Crippen LogP contribution in [-0.2, 0) is 6.54 Å². The van der Waals surface area contributed by atoms with Gasteiger partial charge in [0, 0.05) is 45.3 Å². The maximum atomic E-state index is 5.21. The summed E-state index contributed by atoms with van der Waals surface area (Å²) in [6, 6.07) is 4.29. The lowest BCUT2D eigenvalue weighted by atomic mass is 10.2. The average Bonchev–Trinajstić information content (AvgIpc) is 3.21. The topological polar surface area (TPSA) is 56.9 Å². The van der Waals surface area contributed by atoms with Crippen molar-refractivity contribution in [3.8, 4) is 0 Å². The SMILES string of the molecule is CN=C(NCc1c(C)noc1C)N1CCN(c2cccs2)CC1. The fourth-order valence-electron chi connectivity index (χ4n) is 2.84. The summed E-state index contributed by atoms with van der Waals surface area (Å²) in [6.45, 7) is 8.59. The van der Waals surface area contributed by atoms with Crippen LogP contribution in [0.3, 0.4) is 0 Å². The molecule has 0 unspecified atom stereocenters. The molecule has 1 fully saturated rings. The second-order valence-corrected chi connectivity index (χ2v) is 6.56. The first-order valence-corrected chi connectivity index (χ1v) is 8.73. The van der Waals surface area contributed by atoms with Gasteiger partial charge in [0.1, 0.15) is 5.76 Å². The molecule has 0 aliphatic carbocycles. The molecule has 1 aliphatic rings. The Morgan fingerprint density at radius 1 is 1.35 bits per heavy atom. The maximum Gasteiger partial charge on any atom is 0.194 e. The van der Waals surface area contributed by atoms with Gasteiger partial charge in [-0.1, -0.05) is 5.16 Å². The van der Waals surface area contributed by atoms with E-state index in [2.05, 4.69) is 42.8 Å². The molecule has 2 aromatic heterocycles. The standard InChI is InChI=1S/C16H23N5OS/c1-12-14(13(2)22-19-12)11-18-16(17-3)21-8-6-20(7-9-21)15-5-4-10-23-15/h4-5,10H,6-9,11H2,1-3H3,(H,17,18). The molecule has 0 bridgehead atoms. The molecule has 0 amide bonds.